The number of hydrogen-bond donors (Lipinski definition) is 2. The van der Waals surface area contributed by atoms with Crippen molar-refractivity contribution in [2.75, 3.05) is 6.61 Å². The first-order chi connectivity index (χ1) is 13.3. The fourth-order valence-electron chi connectivity index (χ4n) is 2.26. The highest BCUT2D eigenvalue weighted by atomic mass is 16.5. The molecular formula is C19H19N3O6. The molecule has 2 aromatic rings. The smallest absolute Gasteiger partial charge is 0.350 e. The van der Waals surface area contributed by atoms with Gasteiger partial charge in [-0.1, -0.05) is 0 Å². The van der Waals surface area contributed by atoms with E-state index in [0.29, 0.717) is 11.3 Å². The lowest BCUT2D eigenvalue weighted by atomic mass is 10.1. The average Bonchev–Trinajstić information content (AvgIpc) is 2.64. The summed E-state index contributed by atoms with van der Waals surface area (Å²) in [7, 11) is 0. The highest BCUT2D eigenvalue weighted by molar-refractivity contribution is 5.92. The quantitative estimate of drug-likeness (QED) is 0.241. The van der Waals surface area contributed by atoms with Crippen LogP contribution in [0.4, 0.5) is 0 Å². The van der Waals surface area contributed by atoms with Gasteiger partial charge in [0.2, 0.25) is 0 Å². The molecule has 0 aliphatic heterocycles. The predicted octanol–water partition coefficient (Wildman–Crippen LogP) is 1.46. The van der Waals surface area contributed by atoms with Crippen LogP contribution >= 0.6 is 0 Å². The van der Waals surface area contributed by atoms with E-state index < -0.39 is 23.6 Å². The molecule has 9 heteroatoms. The molecule has 0 fully saturated rings. The number of hydrogen-bond acceptors (Lipinski definition) is 8. The first kappa shape index (κ1) is 20.5. The Bertz CT molecular complexity index is 1020. The van der Waals surface area contributed by atoms with Crippen LogP contribution < -0.4 is 21.2 Å². The molecule has 0 spiro atoms. The predicted molar refractivity (Wildman–Crippen MR) is 98.9 cm³/mol. The molecule has 2 rings (SSSR count). The number of nitrogens with one attached hydrogen (secondary N) is 2. The monoisotopic (exact) mass is 385 g/mol. The molecule has 2 N–H and O–H groups in total. The zero-order valence-corrected chi connectivity index (χ0v) is 15.6. The Kier molecular flexibility index (Phi) is 6.76. The number of esters is 1. The lowest BCUT2D eigenvalue weighted by molar-refractivity contribution is -0.138. The lowest BCUT2D eigenvalue weighted by Gasteiger charge is -2.15. The Balaban J connectivity index is 2.00. The number of fused-ring (bicyclic) bond motifs is 1. The molecule has 0 bridgehead atoms. The molecule has 9 nitrogen and oxygen atoms in total. The van der Waals surface area contributed by atoms with Crippen molar-refractivity contribution in [2.24, 2.45) is 0 Å². The van der Waals surface area contributed by atoms with Crippen LogP contribution in [0.5, 0.6) is 5.75 Å². The summed E-state index contributed by atoms with van der Waals surface area (Å²) in [6.45, 7) is 5.04. The molecule has 0 saturated carbocycles. The number of carbonyl (C=O) groups is 2. The summed E-state index contributed by atoms with van der Waals surface area (Å²) >= 11 is 0. The number of rotatable bonds is 7. The number of nitrogens with zero attached hydrogens (tertiary/aromatic N) is 1. The maximum absolute atomic E-state index is 12.1. The van der Waals surface area contributed by atoms with Crippen LogP contribution in [0.1, 0.15) is 19.4 Å². The van der Waals surface area contributed by atoms with Gasteiger partial charge in [-0.05, 0) is 38.5 Å². The topological polar surface area (TPSA) is 131 Å². The van der Waals surface area contributed by atoms with E-state index in [-0.39, 0.29) is 12.2 Å². The first-order valence-corrected chi connectivity index (χ1v) is 8.39. The Morgan fingerprint density at radius 2 is 2.11 bits per heavy atom. The Morgan fingerprint density at radius 3 is 2.79 bits per heavy atom. The second-order valence-electron chi connectivity index (χ2n) is 5.69. The van der Waals surface area contributed by atoms with Gasteiger partial charge in [0, 0.05) is 23.7 Å². The van der Waals surface area contributed by atoms with Gasteiger partial charge in [0.15, 0.2) is 11.7 Å². The van der Waals surface area contributed by atoms with E-state index in [1.165, 1.54) is 19.1 Å². The van der Waals surface area contributed by atoms with Crippen molar-refractivity contribution in [3.8, 4) is 11.8 Å². The lowest BCUT2D eigenvalue weighted by Crippen LogP contribution is -2.42. The van der Waals surface area contributed by atoms with E-state index in [1.54, 1.807) is 32.0 Å². The minimum atomic E-state index is -0.914. The van der Waals surface area contributed by atoms with Crippen molar-refractivity contribution in [2.45, 2.75) is 26.9 Å². The van der Waals surface area contributed by atoms with Gasteiger partial charge < -0.3 is 19.3 Å². The zero-order valence-electron chi connectivity index (χ0n) is 15.6. The van der Waals surface area contributed by atoms with Crippen molar-refractivity contribution in [3.05, 3.63) is 52.0 Å². The molecule has 1 aromatic carbocycles. The third-order valence-electron chi connectivity index (χ3n) is 3.63. The molecule has 1 atom stereocenters. The molecule has 1 aromatic heterocycles. The minimum Gasteiger partial charge on any atom is -0.481 e. The Morgan fingerprint density at radius 1 is 1.36 bits per heavy atom. The summed E-state index contributed by atoms with van der Waals surface area (Å²) in [4.78, 5) is 35.0. The molecule has 0 aliphatic carbocycles. The number of amides is 1. The van der Waals surface area contributed by atoms with Gasteiger partial charge in [-0.3, -0.25) is 10.2 Å². The maximum atomic E-state index is 12.1. The van der Waals surface area contributed by atoms with Gasteiger partial charge in [-0.25, -0.2) is 9.59 Å². The standard InChI is InChI=1S/C19H19N3O6/c1-4-26-19(25)13(9-20)10-21-22-18(24)12(3)27-14-5-6-15-11(2)7-17(23)28-16(15)8-14/h5-8,10,12,21H,4H2,1-3H3,(H,22,24)/b13-10+/t12-/m1/s1. The summed E-state index contributed by atoms with van der Waals surface area (Å²) in [6.07, 6.45) is 0.110. The van der Waals surface area contributed by atoms with E-state index >= 15 is 0 Å². The average molecular weight is 385 g/mol. The Hall–Kier alpha value is -3.80. The molecule has 1 heterocycles. The van der Waals surface area contributed by atoms with Gasteiger partial charge in [0.1, 0.15) is 17.4 Å². The van der Waals surface area contributed by atoms with E-state index in [2.05, 4.69) is 10.9 Å². The van der Waals surface area contributed by atoms with Crippen LogP contribution in [0.25, 0.3) is 11.0 Å². The molecule has 0 radical (unpaired) electrons. The molecule has 0 saturated heterocycles. The van der Waals surface area contributed by atoms with E-state index in [1.807, 2.05) is 0 Å². The van der Waals surface area contributed by atoms with Crippen LogP contribution in [0.3, 0.4) is 0 Å². The van der Waals surface area contributed by atoms with E-state index in [4.69, 9.17) is 19.2 Å². The molecule has 1 amide bonds. The third-order valence-corrected chi connectivity index (χ3v) is 3.63. The molecule has 0 aliphatic rings. The zero-order chi connectivity index (χ0) is 20.7. The van der Waals surface area contributed by atoms with E-state index in [0.717, 1.165) is 17.1 Å². The highest BCUT2D eigenvalue weighted by Crippen LogP contribution is 2.22. The van der Waals surface area contributed by atoms with Gasteiger partial charge in [-0.2, -0.15) is 5.26 Å². The number of benzene rings is 1. The largest absolute Gasteiger partial charge is 0.481 e. The van der Waals surface area contributed by atoms with Crippen LogP contribution in [0.15, 0.2) is 45.3 Å². The maximum Gasteiger partial charge on any atom is 0.350 e. The highest BCUT2D eigenvalue weighted by Gasteiger charge is 2.15. The van der Waals surface area contributed by atoms with Crippen LogP contribution in [-0.2, 0) is 14.3 Å². The Labute approximate surface area is 160 Å². The fraction of sp³-hybridized carbons (Fsp3) is 0.263. The van der Waals surface area contributed by atoms with Gasteiger partial charge in [-0.15, -0.1) is 0 Å². The van der Waals surface area contributed by atoms with Gasteiger partial charge in [0.05, 0.1) is 6.61 Å². The first-order valence-electron chi connectivity index (χ1n) is 8.39. The normalized spacial score (nSPS) is 12.0. The minimum absolute atomic E-state index is 0.125. The van der Waals surface area contributed by atoms with Crippen molar-refractivity contribution in [3.63, 3.8) is 0 Å². The van der Waals surface area contributed by atoms with Crippen LogP contribution in [0, 0.1) is 18.3 Å². The number of nitriles is 1. The summed E-state index contributed by atoms with van der Waals surface area (Å²) in [5.74, 6) is -1.02. The fourth-order valence-corrected chi connectivity index (χ4v) is 2.26. The van der Waals surface area contributed by atoms with Crippen molar-refractivity contribution in [1.29, 1.82) is 5.26 Å². The van der Waals surface area contributed by atoms with Gasteiger partial charge >= 0.3 is 11.6 Å². The third kappa shape index (κ3) is 5.11. The number of carbonyl (C=O) groups excluding carboxylic acids is 2. The summed E-state index contributed by atoms with van der Waals surface area (Å²) in [5.41, 5.74) is 5.01. The van der Waals surface area contributed by atoms with Crippen LogP contribution in [-0.4, -0.2) is 24.6 Å². The van der Waals surface area contributed by atoms with E-state index in [9.17, 15) is 14.4 Å². The summed E-state index contributed by atoms with van der Waals surface area (Å²) in [6, 6.07) is 7.96. The van der Waals surface area contributed by atoms with Crippen molar-refractivity contribution in [1.82, 2.24) is 10.9 Å². The summed E-state index contributed by atoms with van der Waals surface area (Å²) in [5, 5.41) is 9.65. The second kappa shape index (κ2) is 9.23. The molecular weight excluding hydrogens is 366 g/mol. The number of ether oxygens (including phenoxy) is 2. The van der Waals surface area contributed by atoms with Crippen molar-refractivity contribution < 1.29 is 23.5 Å². The van der Waals surface area contributed by atoms with Crippen LogP contribution in [0.2, 0.25) is 0 Å². The molecule has 28 heavy (non-hydrogen) atoms. The summed E-state index contributed by atoms with van der Waals surface area (Å²) < 4.78 is 15.4. The SMILES string of the molecule is CCOC(=O)/C(C#N)=C/NNC(=O)[C@@H](C)Oc1ccc2c(C)cc(=O)oc2c1. The van der Waals surface area contributed by atoms with Gasteiger partial charge in [0.25, 0.3) is 5.91 Å². The second-order valence-corrected chi connectivity index (χ2v) is 5.69. The molecule has 146 valence electrons. The molecule has 0 unspecified atom stereocenters. The van der Waals surface area contributed by atoms with Crippen molar-refractivity contribution >= 4 is 22.8 Å². The number of aryl methyl sites for hydroxylation is 1. The number of hydrazine groups is 1.